The molecule has 0 aromatic heterocycles. The number of aliphatic hydroxyl groups is 2. The number of unbranched alkanes of at least 4 members (excludes halogenated alkanes) is 31. The highest BCUT2D eigenvalue weighted by atomic mass is 16.5. The fourth-order valence-electron chi connectivity index (χ4n) is 8.03. The normalized spacial score (nSPS) is 13.6. The van der Waals surface area contributed by atoms with Crippen LogP contribution in [-0.4, -0.2) is 46.9 Å². The van der Waals surface area contributed by atoms with Crippen molar-refractivity contribution < 1.29 is 24.5 Å². The lowest BCUT2D eigenvalue weighted by Crippen LogP contribution is -2.46. The van der Waals surface area contributed by atoms with E-state index >= 15 is 0 Å². The molecule has 3 N–H and O–H groups in total. The van der Waals surface area contributed by atoms with Crippen LogP contribution in [0, 0.1) is 0 Å². The lowest BCUT2D eigenvalue weighted by Gasteiger charge is -2.23. The predicted octanol–water partition coefficient (Wildman–Crippen LogP) is 16.2. The van der Waals surface area contributed by atoms with Crippen LogP contribution in [0.4, 0.5) is 0 Å². The van der Waals surface area contributed by atoms with Gasteiger partial charge in [0.1, 0.15) is 6.10 Å². The Morgan fingerprint density at radius 3 is 1.35 bits per heavy atom. The van der Waals surface area contributed by atoms with Crippen LogP contribution >= 0.6 is 0 Å². The number of hydrogen-bond donors (Lipinski definition) is 3. The van der Waals surface area contributed by atoms with E-state index in [4.69, 9.17) is 4.74 Å². The van der Waals surface area contributed by atoms with Crippen molar-refractivity contribution in [1.82, 2.24) is 5.32 Å². The molecule has 3 unspecified atom stereocenters. The molecule has 0 aromatic carbocycles. The molecule has 0 spiro atoms. The molecule has 362 valence electrons. The van der Waals surface area contributed by atoms with E-state index in [0.717, 1.165) is 57.8 Å². The minimum Gasteiger partial charge on any atom is -0.458 e. The van der Waals surface area contributed by atoms with Gasteiger partial charge in [-0.3, -0.25) is 9.59 Å². The van der Waals surface area contributed by atoms with Crippen molar-refractivity contribution in [1.29, 1.82) is 0 Å². The molecule has 0 bridgehead atoms. The summed E-state index contributed by atoms with van der Waals surface area (Å²) in [4.78, 5) is 26.1. The number of ether oxygens (including phenoxy) is 1. The van der Waals surface area contributed by atoms with Gasteiger partial charge in [0.25, 0.3) is 0 Å². The standard InChI is InChI=1S/C56H103NO5/c1-4-7-10-13-16-19-22-24-26-28-30-33-36-39-42-45-48-54(59)53(51-58)57-55(60)50-52(47-44-41-38-35-32-21-18-15-12-9-6-3)62-56(61)49-46-43-40-37-34-31-29-27-25-23-20-17-14-11-8-5-2/h27,29,31,34-35,38,44,47,52-54,58-59H,4-26,28,30,32-33,36-37,39-43,45-46,48-51H2,1-3H3,(H,57,60)/b29-27+,34-31+,38-35-,47-44+. The van der Waals surface area contributed by atoms with E-state index in [0.29, 0.717) is 19.3 Å². The number of allylic oxidation sites excluding steroid dienone is 7. The third-order valence-electron chi connectivity index (χ3n) is 12.2. The molecule has 0 heterocycles. The summed E-state index contributed by atoms with van der Waals surface area (Å²) in [5, 5.41) is 23.7. The number of carbonyl (C=O) groups excluding carboxylic acids is 2. The Bertz CT molecular complexity index is 1070. The second-order valence-electron chi connectivity index (χ2n) is 18.3. The van der Waals surface area contributed by atoms with Crippen LogP contribution in [0.2, 0.25) is 0 Å². The molecule has 6 nitrogen and oxygen atoms in total. The Morgan fingerprint density at radius 1 is 0.500 bits per heavy atom. The summed E-state index contributed by atoms with van der Waals surface area (Å²) in [6, 6.07) is -0.737. The largest absolute Gasteiger partial charge is 0.458 e. The first-order chi connectivity index (χ1) is 30.5. The molecular weight excluding hydrogens is 767 g/mol. The fraction of sp³-hybridized carbons (Fsp3) is 0.821. The van der Waals surface area contributed by atoms with Gasteiger partial charge in [0, 0.05) is 6.42 Å². The number of carbonyl (C=O) groups is 2. The number of rotatable bonds is 48. The zero-order chi connectivity index (χ0) is 45.2. The zero-order valence-corrected chi connectivity index (χ0v) is 41.3. The Balaban J connectivity index is 4.59. The monoisotopic (exact) mass is 870 g/mol. The number of amides is 1. The molecule has 0 aromatic rings. The van der Waals surface area contributed by atoms with Crippen LogP contribution < -0.4 is 5.32 Å². The summed E-state index contributed by atoms with van der Waals surface area (Å²) in [5.74, 6) is -0.628. The zero-order valence-electron chi connectivity index (χ0n) is 41.3. The van der Waals surface area contributed by atoms with E-state index < -0.39 is 18.2 Å². The van der Waals surface area contributed by atoms with Crippen molar-refractivity contribution in [3.05, 3.63) is 48.6 Å². The van der Waals surface area contributed by atoms with Gasteiger partial charge in [-0.15, -0.1) is 0 Å². The summed E-state index contributed by atoms with van der Waals surface area (Å²) in [6.07, 6.45) is 60.6. The van der Waals surface area contributed by atoms with E-state index in [1.54, 1.807) is 0 Å². The van der Waals surface area contributed by atoms with Gasteiger partial charge in [-0.05, 0) is 63.9 Å². The van der Waals surface area contributed by atoms with Crippen LogP contribution in [0.1, 0.15) is 271 Å². The molecule has 0 aliphatic heterocycles. The maximum Gasteiger partial charge on any atom is 0.306 e. The number of hydrogen-bond acceptors (Lipinski definition) is 5. The van der Waals surface area contributed by atoms with Crippen LogP contribution in [0.15, 0.2) is 48.6 Å². The van der Waals surface area contributed by atoms with E-state index in [1.807, 2.05) is 12.2 Å². The Labute approximate surface area is 385 Å². The van der Waals surface area contributed by atoms with Gasteiger partial charge in [-0.25, -0.2) is 0 Å². The van der Waals surface area contributed by atoms with Crippen LogP contribution in [-0.2, 0) is 14.3 Å². The molecule has 1 amide bonds. The topological polar surface area (TPSA) is 95.9 Å². The van der Waals surface area contributed by atoms with Gasteiger partial charge in [0.15, 0.2) is 0 Å². The van der Waals surface area contributed by atoms with Gasteiger partial charge in [-0.1, -0.05) is 243 Å². The molecule has 0 rings (SSSR count). The minimum absolute atomic E-state index is 0.0384. The highest BCUT2D eigenvalue weighted by Gasteiger charge is 2.23. The second-order valence-corrected chi connectivity index (χ2v) is 18.3. The van der Waals surface area contributed by atoms with Crippen molar-refractivity contribution in [2.75, 3.05) is 6.61 Å². The third kappa shape index (κ3) is 44.4. The first-order valence-corrected chi connectivity index (χ1v) is 26.9. The Kier molecular flexibility index (Phi) is 48.1. The lowest BCUT2D eigenvalue weighted by atomic mass is 10.0. The average molecular weight is 870 g/mol. The highest BCUT2D eigenvalue weighted by molar-refractivity contribution is 5.78. The molecule has 0 saturated heterocycles. The van der Waals surface area contributed by atoms with Crippen molar-refractivity contribution in [3.63, 3.8) is 0 Å². The van der Waals surface area contributed by atoms with E-state index in [1.165, 1.54) is 167 Å². The van der Waals surface area contributed by atoms with Crippen molar-refractivity contribution >= 4 is 11.9 Å². The number of aliphatic hydroxyl groups excluding tert-OH is 2. The van der Waals surface area contributed by atoms with Crippen LogP contribution in [0.5, 0.6) is 0 Å². The summed E-state index contributed by atoms with van der Waals surface area (Å²) in [5.41, 5.74) is 0. The average Bonchev–Trinajstić information content (AvgIpc) is 3.26. The minimum atomic E-state index is -0.815. The van der Waals surface area contributed by atoms with Crippen molar-refractivity contribution in [2.24, 2.45) is 0 Å². The summed E-state index contributed by atoms with van der Waals surface area (Å²) < 4.78 is 5.82. The lowest BCUT2D eigenvalue weighted by molar-refractivity contribution is -0.148. The first kappa shape index (κ1) is 59.8. The van der Waals surface area contributed by atoms with E-state index in [-0.39, 0.29) is 24.9 Å². The molecule has 62 heavy (non-hydrogen) atoms. The SMILES string of the molecule is CCCCCCCC/C=C\C/C=C/C(CC(=O)NC(CO)C(O)CCCCCCCCCCCCCCCCCC)OC(=O)CCCCC/C=C/C=C/CCCCCCCCC. The molecular formula is C56H103NO5. The molecule has 3 atom stereocenters. The summed E-state index contributed by atoms with van der Waals surface area (Å²) in [7, 11) is 0. The quantitative estimate of drug-likeness (QED) is 0.0245. The van der Waals surface area contributed by atoms with Crippen LogP contribution in [0.25, 0.3) is 0 Å². The number of esters is 1. The summed E-state index contributed by atoms with van der Waals surface area (Å²) >= 11 is 0. The molecule has 0 fully saturated rings. The first-order valence-electron chi connectivity index (χ1n) is 26.9. The second kappa shape index (κ2) is 49.8. The molecule has 0 aliphatic carbocycles. The van der Waals surface area contributed by atoms with Gasteiger partial charge < -0.3 is 20.3 Å². The van der Waals surface area contributed by atoms with Gasteiger partial charge >= 0.3 is 5.97 Å². The Hall–Kier alpha value is -2.18. The predicted molar refractivity (Wildman–Crippen MR) is 269 cm³/mol. The number of nitrogens with one attached hydrogen (secondary N) is 1. The molecule has 0 radical (unpaired) electrons. The third-order valence-corrected chi connectivity index (χ3v) is 12.2. The molecule has 0 aliphatic rings. The molecule has 0 saturated carbocycles. The van der Waals surface area contributed by atoms with Gasteiger partial charge in [-0.2, -0.15) is 0 Å². The smallest absolute Gasteiger partial charge is 0.306 e. The van der Waals surface area contributed by atoms with E-state index in [9.17, 15) is 19.8 Å². The maximum atomic E-state index is 13.2. The van der Waals surface area contributed by atoms with Gasteiger partial charge in [0.2, 0.25) is 5.91 Å². The van der Waals surface area contributed by atoms with Gasteiger partial charge in [0.05, 0.1) is 25.2 Å². The van der Waals surface area contributed by atoms with E-state index in [2.05, 4.69) is 62.5 Å². The highest BCUT2D eigenvalue weighted by Crippen LogP contribution is 2.16. The van der Waals surface area contributed by atoms with Crippen molar-refractivity contribution in [2.45, 2.75) is 289 Å². The summed E-state index contributed by atoms with van der Waals surface area (Å²) in [6.45, 7) is 6.45. The van der Waals surface area contributed by atoms with Crippen LogP contribution in [0.3, 0.4) is 0 Å². The van der Waals surface area contributed by atoms with Crippen molar-refractivity contribution in [3.8, 4) is 0 Å². The molecule has 6 heteroatoms. The maximum absolute atomic E-state index is 13.2. The fourth-order valence-corrected chi connectivity index (χ4v) is 8.03. The Morgan fingerprint density at radius 2 is 0.903 bits per heavy atom.